The SMILES string of the molecule is CCCNc1nc(C)nc(Oc2ccc(CC)cc2)c1C. The predicted octanol–water partition coefficient (Wildman–Crippen LogP) is 4.27. The first-order valence-corrected chi connectivity index (χ1v) is 7.50. The minimum Gasteiger partial charge on any atom is -0.439 e. The fraction of sp³-hybridized carbons (Fsp3) is 0.412. The van der Waals surface area contributed by atoms with Crippen LogP contribution in [0.25, 0.3) is 0 Å². The van der Waals surface area contributed by atoms with Crippen molar-refractivity contribution in [3.05, 3.63) is 41.2 Å². The molecule has 0 unspecified atom stereocenters. The molecule has 0 spiro atoms. The average Bonchev–Trinajstić information content (AvgIpc) is 2.50. The number of ether oxygens (including phenoxy) is 1. The molecule has 4 nitrogen and oxygen atoms in total. The molecule has 0 bridgehead atoms. The summed E-state index contributed by atoms with van der Waals surface area (Å²) in [5.41, 5.74) is 2.23. The smallest absolute Gasteiger partial charge is 0.227 e. The average molecular weight is 285 g/mol. The summed E-state index contributed by atoms with van der Waals surface area (Å²) in [6, 6.07) is 8.12. The number of hydrogen-bond acceptors (Lipinski definition) is 4. The molecular weight excluding hydrogens is 262 g/mol. The van der Waals surface area contributed by atoms with E-state index in [-0.39, 0.29) is 0 Å². The van der Waals surface area contributed by atoms with Crippen molar-refractivity contribution in [2.45, 2.75) is 40.5 Å². The van der Waals surface area contributed by atoms with Gasteiger partial charge in [-0.15, -0.1) is 0 Å². The number of hydrogen-bond donors (Lipinski definition) is 1. The van der Waals surface area contributed by atoms with Crippen molar-refractivity contribution in [1.29, 1.82) is 0 Å². The molecule has 2 rings (SSSR count). The molecule has 0 aliphatic rings. The molecule has 1 aromatic heterocycles. The number of rotatable bonds is 6. The topological polar surface area (TPSA) is 47.0 Å². The summed E-state index contributed by atoms with van der Waals surface area (Å²) in [6.07, 6.45) is 2.08. The van der Waals surface area contributed by atoms with Crippen LogP contribution in [0.15, 0.2) is 24.3 Å². The van der Waals surface area contributed by atoms with Gasteiger partial charge in [0.2, 0.25) is 5.88 Å². The number of aromatic nitrogens is 2. The Hall–Kier alpha value is -2.10. The molecule has 0 fully saturated rings. The van der Waals surface area contributed by atoms with E-state index in [2.05, 4.69) is 41.3 Å². The number of benzene rings is 1. The van der Waals surface area contributed by atoms with Gasteiger partial charge in [-0.05, 0) is 44.4 Å². The van der Waals surface area contributed by atoms with E-state index >= 15 is 0 Å². The molecule has 0 radical (unpaired) electrons. The van der Waals surface area contributed by atoms with Gasteiger partial charge in [-0.2, -0.15) is 4.98 Å². The molecule has 112 valence electrons. The summed E-state index contributed by atoms with van der Waals surface area (Å²) in [5, 5.41) is 3.32. The maximum absolute atomic E-state index is 5.92. The second-order valence-corrected chi connectivity index (χ2v) is 5.08. The van der Waals surface area contributed by atoms with E-state index in [1.165, 1.54) is 5.56 Å². The normalized spacial score (nSPS) is 10.5. The maximum atomic E-state index is 5.92. The fourth-order valence-corrected chi connectivity index (χ4v) is 2.02. The lowest BCUT2D eigenvalue weighted by Gasteiger charge is -2.13. The van der Waals surface area contributed by atoms with Crippen molar-refractivity contribution in [2.75, 3.05) is 11.9 Å². The van der Waals surface area contributed by atoms with Crippen LogP contribution in [0, 0.1) is 13.8 Å². The molecule has 1 aromatic carbocycles. The summed E-state index contributed by atoms with van der Waals surface area (Å²) in [6.45, 7) is 9.02. The molecule has 0 amide bonds. The van der Waals surface area contributed by atoms with E-state index in [9.17, 15) is 0 Å². The summed E-state index contributed by atoms with van der Waals surface area (Å²) in [7, 11) is 0. The number of anilines is 1. The molecule has 21 heavy (non-hydrogen) atoms. The van der Waals surface area contributed by atoms with E-state index in [0.29, 0.717) is 11.7 Å². The van der Waals surface area contributed by atoms with Gasteiger partial charge in [-0.25, -0.2) is 4.98 Å². The highest BCUT2D eigenvalue weighted by Crippen LogP contribution is 2.27. The van der Waals surface area contributed by atoms with E-state index in [1.807, 2.05) is 26.0 Å². The van der Waals surface area contributed by atoms with Gasteiger partial charge in [0.15, 0.2) is 0 Å². The zero-order chi connectivity index (χ0) is 15.2. The van der Waals surface area contributed by atoms with Gasteiger partial charge >= 0.3 is 0 Å². The molecule has 0 aliphatic heterocycles. The molecule has 1 heterocycles. The van der Waals surface area contributed by atoms with Crippen LogP contribution in [0.2, 0.25) is 0 Å². The Labute approximate surface area is 126 Å². The lowest BCUT2D eigenvalue weighted by atomic mass is 10.2. The van der Waals surface area contributed by atoms with E-state index in [4.69, 9.17) is 4.74 Å². The summed E-state index contributed by atoms with van der Waals surface area (Å²) in [4.78, 5) is 8.84. The van der Waals surface area contributed by atoms with Crippen LogP contribution in [-0.4, -0.2) is 16.5 Å². The fourth-order valence-electron chi connectivity index (χ4n) is 2.02. The Morgan fingerprint density at radius 2 is 1.76 bits per heavy atom. The van der Waals surface area contributed by atoms with Crippen LogP contribution in [0.3, 0.4) is 0 Å². The Bertz CT molecular complexity index is 594. The predicted molar refractivity (Wildman–Crippen MR) is 86.2 cm³/mol. The molecule has 2 aromatic rings. The second kappa shape index (κ2) is 7.07. The second-order valence-electron chi connectivity index (χ2n) is 5.08. The van der Waals surface area contributed by atoms with Gasteiger partial charge in [-0.1, -0.05) is 26.0 Å². The zero-order valence-corrected chi connectivity index (χ0v) is 13.2. The van der Waals surface area contributed by atoms with Crippen LogP contribution < -0.4 is 10.1 Å². The van der Waals surface area contributed by atoms with E-state index < -0.39 is 0 Å². The van der Waals surface area contributed by atoms with Crippen LogP contribution in [-0.2, 0) is 6.42 Å². The molecule has 4 heteroatoms. The third-order valence-electron chi connectivity index (χ3n) is 3.30. The highest BCUT2D eigenvalue weighted by Gasteiger charge is 2.11. The van der Waals surface area contributed by atoms with Crippen LogP contribution >= 0.6 is 0 Å². The minimum absolute atomic E-state index is 0.616. The lowest BCUT2D eigenvalue weighted by Crippen LogP contribution is -2.07. The standard InChI is InChI=1S/C17H23N3O/c1-5-11-18-16-12(3)17(20-13(4)19-16)21-15-9-7-14(6-2)8-10-15/h7-10H,5-6,11H2,1-4H3,(H,18,19,20). The van der Waals surface area contributed by atoms with Crippen LogP contribution in [0.1, 0.15) is 37.2 Å². The molecule has 1 N–H and O–H groups in total. The molecule has 0 saturated carbocycles. The van der Waals surface area contributed by atoms with Gasteiger partial charge < -0.3 is 10.1 Å². The minimum atomic E-state index is 0.616. The van der Waals surface area contributed by atoms with Crippen molar-refractivity contribution < 1.29 is 4.74 Å². The number of aryl methyl sites for hydroxylation is 2. The van der Waals surface area contributed by atoms with Crippen molar-refractivity contribution in [1.82, 2.24) is 9.97 Å². The van der Waals surface area contributed by atoms with Crippen LogP contribution in [0.4, 0.5) is 5.82 Å². The third-order valence-corrected chi connectivity index (χ3v) is 3.30. The van der Waals surface area contributed by atoms with Crippen molar-refractivity contribution in [3.8, 4) is 11.6 Å². The van der Waals surface area contributed by atoms with Crippen LogP contribution in [0.5, 0.6) is 11.6 Å². The summed E-state index contributed by atoms with van der Waals surface area (Å²) < 4.78 is 5.92. The highest BCUT2D eigenvalue weighted by molar-refractivity contribution is 5.49. The maximum Gasteiger partial charge on any atom is 0.227 e. The first-order chi connectivity index (χ1) is 10.1. The Balaban J connectivity index is 2.23. The van der Waals surface area contributed by atoms with Crippen molar-refractivity contribution in [3.63, 3.8) is 0 Å². The van der Waals surface area contributed by atoms with Crippen molar-refractivity contribution >= 4 is 5.82 Å². The number of nitrogens with zero attached hydrogens (tertiary/aromatic N) is 2. The first-order valence-electron chi connectivity index (χ1n) is 7.50. The lowest BCUT2D eigenvalue weighted by molar-refractivity contribution is 0.456. The quantitative estimate of drug-likeness (QED) is 0.861. The summed E-state index contributed by atoms with van der Waals surface area (Å²) >= 11 is 0. The van der Waals surface area contributed by atoms with Gasteiger partial charge in [0.1, 0.15) is 17.4 Å². The van der Waals surface area contributed by atoms with E-state index in [1.54, 1.807) is 0 Å². The molecule has 0 aliphatic carbocycles. The largest absolute Gasteiger partial charge is 0.439 e. The van der Waals surface area contributed by atoms with Gasteiger partial charge in [-0.3, -0.25) is 0 Å². The molecule has 0 atom stereocenters. The molecular formula is C17H23N3O. The van der Waals surface area contributed by atoms with Gasteiger partial charge in [0.05, 0.1) is 5.56 Å². The molecule has 0 saturated heterocycles. The van der Waals surface area contributed by atoms with Gasteiger partial charge in [0, 0.05) is 6.54 Å². The Morgan fingerprint density at radius 3 is 2.38 bits per heavy atom. The number of nitrogens with one attached hydrogen (secondary N) is 1. The van der Waals surface area contributed by atoms with Gasteiger partial charge in [0.25, 0.3) is 0 Å². The first kappa shape index (κ1) is 15.3. The highest BCUT2D eigenvalue weighted by atomic mass is 16.5. The Morgan fingerprint density at radius 1 is 1.05 bits per heavy atom. The summed E-state index contributed by atoms with van der Waals surface area (Å²) in [5.74, 6) is 2.98. The van der Waals surface area contributed by atoms with Crippen molar-refractivity contribution in [2.24, 2.45) is 0 Å². The third kappa shape index (κ3) is 3.94. The Kier molecular flexibility index (Phi) is 5.14. The van der Waals surface area contributed by atoms with E-state index in [0.717, 1.165) is 36.5 Å². The zero-order valence-electron chi connectivity index (χ0n) is 13.2. The monoisotopic (exact) mass is 285 g/mol.